The van der Waals surface area contributed by atoms with E-state index in [-0.39, 0.29) is 6.42 Å². The van der Waals surface area contributed by atoms with E-state index in [0.717, 1.165) is 0 Å². The molecule has 0 heterocycles. The molecule has 0 radical (unpaired) electrons. The Morgan fingerprint density at radius 1 is 0.893 bits per heavy atom. The van der Waals surface area contributed by atoms with Crippen molar-refractivity contribution in [2.45, 2.75) is 57.8 Å². The monoisotopic (exact) mass is 404 g/mol. The molecule has 8 N–H and O–H groups in total. The number of aliphatic hydroxyl groups is 1. The molecule has 0 saturated carbocycles. The molecule has 28 heavy (non-hydrogen) atoms. The summed E-state index contributed by atoms with van der Waals surface area (Å²) in [5, 5.41) is 34.3. The fraction of sp³-hybridized carbons (Fsp3) is 0.688. The summed E-state index contributed by atoms with van der Waals surface area (Å²) in [5.74, 6) is -5.49. The Bertz CT molecular complexity index is 593. The van der Waals surface area contributed by atoms with Gasteiger partial charge in [0.2, 0.25) is 17.7 Å². The molecule has 0 bridgehead atoms. The Kier molecular flexibility index (Phi) is 10.7. The van der Waals surface area contributed by atoms with E-state index >= 15 is 0 Å². The van der Waals surface area contributed by atoms with Gasteiger partial charge < -0.3 is 37.0 Å². The topological polar surface area (TPSA) is 208 Å². The van der Waals surface area contributed by atoms with Crippen molar-refractivity contribution in [2.24, 2.45) is 11.7 Å². The number of carboxylic acids is 2. The van der Waals surface area contributed by atoms with E-state index in [2.05, 4.69) is 16.0 Å². The second-order valence-electron chi connectivity index (χ2n) is 6.55. The SMILES string of the molecule is CC(C)C(NC(=O)C(NC(=O)CN)C(C)O)C(=O)NC(CCC(=O)O)C(=O)O. The predicted octanol–water partition coefficient (Wildman–Crippen LogP) is -2.61. The molecule has 0 aromatic rings. The fourth-order valence-electron chi connectivity index (χ4n) is 2.20. The van der Waals surface area contributed by atoms with Crippen LogP contribution >= 0.6 is 0 Å². The Hall–Kier alpha value is -2.73. The molecule has 0 aliphatic heterocycles. The number of hydrogen-bond acceptors (Lipinski definition) is 7. The van der Waals surface area contributed by atoms with Gasteiger partial charge in [0, 0.05) is 6.42 Å². The van der Waals surface area contributed by atoms with E-state index in [1.165, 1.54) is 6.92 Å². The molecule has 0 spiro atoms. The molecule has 0 fully saturated rings. The highest BCUT2D eigenvalue weighted by Crippen LogP contribution is 2.06. The van der Waals surface area contributed by atoms with E-state index in [1.54, 1.807) is 13.8 Å². The summed E-state index contributed by atoms with van der Waals surface area (Å²) in [5.41, 5.74) is 5.16. The summed E-state index contributed by atoms with van der Waals surface area (Å²) >= 11 is 0. The molecule has 4 unspecified atom stereocenters. The van der Waals surface area contributed by atoms with Crippen LogP contribution in [0.3, 0.4) is 0 Å². The number of carboxylic acid groups (broad SMARTS) is 2. The van der Waals surface area contributed by atoms with Crippen LogP contribution < -0.4 is 21.7 Å². The van der Waals surface area contributed by atoms with Crippen molar-refractivity contribution in [3.8, 4) is 0 Å². The molecule has 0 aliphatic carbocycles. The number of carbonyl (C=O) groups is 5. The minimum Gasteiger partial charge on any atom is -0.481 e. The average Bonchev–Trinajstić information content (AvgIpc) is 2.59. The maximum Gasteiger partial charge on any atom is 0.326 e. The largest absolute Gasteiger partial charge is 0.481 e. The summed E-state index contributed by atoms with van der Waals surface area (Å²) in [4.78, 5) is 58.1. The number of nitrogens with two attached hydrogens (primary N) is 1. The zero-order chi connectivity index (χ0) is 22.0. The Morgan fingerprint density at radius 3 is 1.82 bits per heavy atom. The normalized spacial score (nSPS) is 15.1. The van der Waals surface area contributed by atoms with Gasteiger partial charge in [-0.25, -0.2) is 4.79 Å². The van der Waals surface area contributed by atoms with Crippen molar-refractivity contribution in [3.63, 3.8) is 0 Å². The first-order valence-electron chi connectivity index (χ1n) is 8.63. The molecule has 4 atom stereocenters. The van der Waals surface area contributed by atoms with Crippen LogP contribution in [0.25, 0.3) is 0 Å². The molecule has 0 aromatic carbocycles. The van der Waals surface area contributed by atoms with Gasteiger partial charge in [-0.1, -0.05) is 13.8 Å². The van der Waals surface area contributed by atoms with Crippen LogP contribution in [0.5, 0.6) is 0 Å². The lowest BCUT2D eigenvalue weighted by molar-refractivity contribution is -0.143. The number of aliphatic hydroxyl groups excluding tert-OH is 1. The van der Waals surface area contributed by atoms with Crippen molar-refractivity contribution in [3.05, 3.63) is 0 Å². The molecule has 0 rings (SSSR count). The van der Waals surface area contributed by atoms with Gasteiger partial charge in [0.05, 0.1) is 12.6 Å². The third-order valence-electron chi connectivity index (χ3n) is 3.78. The zero-order valence-electron chi connectivity index (χ0n) is 16.0. The van der Waals surface area contributed by atoms with Crippen molar-refractivity contribution in [1.82, 2.24) is 16.0 Å². The van der Waals surface area contributed by atoms with Crippen molar-refractivity contribution < 1.29 is 39.3 Å². The second-order valence-corrected chi connectivity index (χ2v) is 6.55. The molecule has 160 valence electrons. The van der Waals surface area contributed by atoms with Gasteiger partial charge in [-0.3, -0.25) is 19.2 Å². The van der Waals surface area contributed by atoms with Gasteiger partial charge in [-0.2, -0.15) is 0 Å². The maximum absolute atomic E-state index is 12.4. The Labute approximate surface area is 161 Å². The van der Waals surface area contributed by atoms with Crippen LogP contribution in [-0.4, -0.2) is 75.8 Å². The van der Waals surface area contributed by atoms with E-state index in [9.17, 15) is 29.1 Å². The summed E-state index contributed by atoms with van der Waals surface area (Å²) < 4.78 is 0. The molecule has 0 aliphatic rings. The first-order chi connectivity index (χ1) is 12.9. The van der Waals surface area contributed by atoms with Gasteiger partial charge in [-0.15, -0.1) is 0 Å². The number of carbonyl (C=O) groups excluding carboxylic acids is 3. The smallest absolute Gasteiger partial charge is 0.326 e. The molecule has 0 saturated heterocycles. The standard InChI is InChI=1S/C16H28N4O8/c1-7(2)12(14(25)18-9(16(27)28)4-5-11(23)24)20-15(26)13(8(3)21)19-10(22)6-17/h7-9,12-13,21H,4-6,17H2,1-3H3,(H,18,25)(H,19,22)(H,20,26)(H,23,24)(H,27,28). The van der Waals surface area contributed by atoms with E-state index in [4.69, 9.17) is 15.9 Å². The van der Waals surface area contributed by atoms with Crippen molar-refractivity contribution >= 4 is 29.7 Å². The number of nitrogens with one attached hydrogen (secondary N) is 3. The van der Waals surface area contributed by atoms with Gasteiger partial charge >= 0.3 is 11.9 Å². The number of rotatable bonds is 12. The van der Waals surface area contributed by atoms with Gasteiger partial charge in [0.15, 0.2) is 0 Å². The lowest BCUT2D eigenvalue weighted by atomic mass is 10.0. The van der Waals surface area contributed by atoms with E-state index in [0.29, 0.717) is 0 Å². The minimum atomic E-state index is -1.45. The van der Waals surface area contributed by atoms with Crippen LogP contribution in [0.2, 0.25) is 0 Å². The lowest BCUT2D eigenvalue weighted by Crippen LogP contribution is -2.60. The van der Waals surface area contributed by atoms with Gasteiger partial charge in [0.25, 0.3) is 0 Å². The van der Waals surface area contributed by atoms with Crippen LogP contribution in [0, 0.1) is 5.92 Å². The fourth-order valence-corrected chi connectivity index (χ4v) is 2.20. The maximum atomic E-state index is 12.4. The first-order valence-corrected chi connectivity index (χ1v) is 8.63. The third kappa shape index (κ3) is 8.77. The molecule has 12 nitrogen and oxygen atoms in total. The van der Waals surface area contributed by atoms with Crippen molar-refractivity contribution in [2.75, 3.05) is 6.54 Å². The van der Waals surface area contributed by atoms with Crippen LogP contribution in [0.4, 0.5) is 0 Å². The molecular formula is C16H28N4O8. The lowest BCUT2D eigenvalue weighted by Gasteiger charge is -2.27. The molecule has 12 heteroatoms. The minimum absolute atomic E-state index is 0.335. The van der Waals surface area contributed by atoms with E-state index in [1.807, 2.05) is 0 Å². The van der Waals surface area contributed by atoms with E-state index < -0.39 is 72.8 Å². The highest BCUT2D eigenvalue weighted by Gasteiger charge is 2.32. The highest BCUT2D eigenvalue weighted by atomic mass is 16.4. The molecule has 3 amide bonds. The molecular weight excluding hydrogens is 376 g/mol. The highest BCUT2D eigenvalue weighted by molar-refractivity contribution is 5.94. The second kappa shape index (κ2) is 11.9. The van der Waals surface area contributed by atoms with Gasteiger partial charge in [0.1, 0.15) is 18.1 Å². The zero-order valence-corrected chi connectivity index (χ0v) is 16.0. The number of hydrogen-bond donors (Lipinski definition) is 7. The first kappa shape index (κ1) is 25.3. The third-order valence-corrected chi connectivity index (χ3v) is 3.78. The van der Waals surface area contributed by atoms with Crippen molar-refractivity contribution in [1.29, 1.82) is 0 Å². The predicted molar refractivity (Wildman–Crippen MR) is 95.9 cm³/mol. The summed E-state index contributed by atoms with van der Waals surface area (Å²) in [7, 11) is 0. The van der Waals surface area contributed by atoms with Crippen LogP contribution in [0.1, 0.15) is 33.6 Å². The van der Waals surface area contributed by atoms with Crippen LogP contribution in [0.15, 0.2) is 0 Å². The average molecular weight is 404 g/mol. The van der Waals surface area contributed by atoms with Crippen LogP contribution in [-0.2, 0) is 24.0 Å². The number of aliphatic carboxylic acids is 2. The van der Waals surface area contributed by atoms with Gasteiger partial charge in [-0.05, 0) is 19.3 Å². The summed E-state index contributed by atoms with van der Waals surface area (Å²) in [6.45, 7) is 4.03. The number of amides is 3. The molecule has 0 aromatic heterocycles. The quantitative estimate of drug-likeness (QED) is 0.181. The summed E-state index contributed by atoms with van der Waals surface area (Å²) in [6, 6.07) is -4.01. The Balaban J connectivity index is 5.23. The Morgan fingerprint density at radius 2 is 1.43 bits per heavy atom. The summed E-state index contributed by atoms with van der Waals surface area (Å²) in [6.07, 6.45) is -2.09.